The molecule has 0 aliphatic carbocycles. The molecule has 1 aliphatic heterocycles. The highest BCUT2D eigenvalue weighted by Gasteiger charge is 2.31. The predicted octanol–water partition coefficient (Wildman–Crippen LogP) is 2.46. The Morgan fingerprint density at radius 2 is 2.17 bits per heavy atom. The van der Waals surface area contributed by atoms with Crippen LogP contribution in [-0.4, -0.2) is 24.8 Å². The summed E-state index contributed by atoms with van der Waals surface area (Å²) in [6, 6.07) is 6.54. The SMILES string of the molecule is Cc1cc(N2CC(C)OC(C)(C)C2)ccc1CN. The molecule has 1 saturated heterocycles. The number of aryl methyl sites for hydroxylation is 1. The third-order valence-electron chi connectivity index (χ3n) is 3.48. The normalized spacial score (nSPS) is 23.2. The van der Waals surface area contributed by atoms with Crippen molar-refractivity contribution in [3.8, 4) is 0 Å². The molecule has 0 spiro atoms. The van der Waals surface area contributed by atoms with E-state index in [0.717, 1.165) is 13.1 Å². The molecule has 0 bridgehead atoms. The van der Waals surface area contributed by atoms with E-state index in [2.05, 4.69) is 50.8 Å². The molecule has 0 radical (unpaired) electrons. The van der Waals surface area contributed by atoms with E-state index < -0.39 is 0 Å². The number of benzene rings is 1. The molecule has 3 nitrogen and oxygen atoms in total. The fraction of sp³-hybridized carbons (Fsp3) is 0.600. The summed E-state index contributed by atoms with van der Waals surface area (Å²) in [5.74, 6) is 0. The summed E-state index contributed by atoms with van der Waals surface area (Å²) in [5.41, 5.74) is 9.39. The first-order valence-electron chi connectivity index (χ1n) is 6.63. The average Bonchev–Trinajstić information content (AvgIpc) is 2.26. The van der Waals surface area contributed by atoms with E-state index in [9.17, 15) is 0 Å². The lowest BCUT2D eigenvalue weighted by atomic mass is 10.0. The van der Waals surface area contributed by atoms with Gasteiger partial charge in [-0.1, -0.05) is 6.07 Å². The summed E-state index contributed by atoms with van der Waals surface area (Å²) in [5, 5.41) is 0. The van der Waals surface area contributed by atoms with E-state index in [0.29, 0.717) is 6.54 Å². The molecule has 1 aromatic rings. The predicted molar refractivity (Wildman–Crippen MR) is 75.9 cm³/mol. The van der Waals surface area contributed by atoms with Crippen molar-refractivity contribution in [2.45, 2.75) is 45.9 Å². The first-order chi connectivity index (χ1) is 8.41. The van der Waals surface area contributed by atoms with Crippen LogP contribution in [0.2, 0.25) is 0 Å². The van der Waals surface area contributed by atoms with Crippen LogP contribution in [0.25, 0.3) is 0 Å². The number of anilines is 1. The van der Waals surface area contributed by atoms with Crippen LogP contribution in [0.5, 0.6) is 0 Å². The van der Waals surface area contributed by atoms with Gasteiger partial charge in [0.1, 0.15) is 0 Å². The third-order valence-corrected chi connectivity index (χ3v) is 3.48. The molecule has 0 aromatic heterocycles. The minimum Gasteiger partial charge on any atom is -0.369 e. The number of ether oxygens (including phenoxy) is 1. The quantitative estimate of drug-likeness (QED) is 0.873. The van der Waals surface area contributed by atoms with Gasteiger partial charge in [0.2, 0.25) is 0 Å². The van der Waals surface area contributed by atoms with Crippen LogP contribution in [0.3, 0.4) is 0 Å². The van der Waals surface area contributed by atoms with Crippen LogP contribution < -0.4 is 10.6 Å². The van der Waals surface area contributed by atoms with Crippen molar-refractivity contribution in [2.24, 2.45) is 5.73 Å². The van der Waals surface area contributed by atoms with Gasteiger partial charge >= 0.3 is 0 Å². The summed E-state index contributed by atoms with van der Waals surface area (Å²) in [4.78, 5) is 2.40. The van der Waals surface area contributed by atoms with Crippen molar-refractivity contribution < 1.29 is 4.74 Å². The fourth-order valence-corrected chi connectivity index (χ4v) is 2.76. The molecule has 1 heterocycles. The van der Waals surface area contributed by atoms with Crippen LogP contribution in [-0.2, 0) is 11.3 Å². The Labute approximate surface area is 110 Å². The molecule has 1 atom stereocenters. The van der Waals surface area contributed by atoms with Crippen LogP contribution in [0, 0.1) is 6.92 Å². The second kappa shape index (κ2) is 4.90. The van der Waals surface area contributed by atoms with Gasteiger partial charge in [0, 0.05) is 25.3 Å². The van der Waals surface area contributed by atoms with Gasteiger partial charge in [-0.3, -0.25) is 0 Å². The second-order valence-corrected chi connectivity index (χ2v) is 5.88. The lowest BCUT2D eigenvalue weighted by Gasteiger charge is -2.43. The zero-order valence-corrected chi connectivity index (χ0v) is 11.9. The summed E-state index contributed by atoms with van der Waals surface area (Å²) in [6.07, 6.45) is 0.267. The van der Waals surface area contributed by atoms with E-state index in [1.54, 1.807) is 0 Å². The van der Waals surface area contributed by atoms with Gasteiger partial charge in [0.15, 0.2) is 0 Å². The van der Waals surface area contributed by atoms with E-state index in [-0.39, 0.29) is 11.7 Å². The first-order valence-corrected chi connectivity index (χ1v) is 6.63. The topological polar surface area (TPSA) is 38.5 Å². The maximum Gasteiger partial charge on any atom is 0.0805 e. The Morgan fingerprint density at radius 3 is 2.72 bits per heavy atom. The highest BCUT2D eigenvalue weighted by atomic mass is 16.5. The zero-order valence-electron chi connectivity index (χ0n) is 11.9. The van der Waals surface area contributed by atoms with Crippen LogP contribution >= 0.6 is 0 Å². The number of nitrogens with two attached hydrogens (primary N) is 1. The fourth-order valence-electron chi connectivity index (χ4n) is 2.76. The van der Waals surface area contributed by atoms with Crippen molar-refractivity contribution in [3.05, 3.63) is 29.3 Å². The number of hydrogen-bond acceptors (Lipinski definition) is 3. The van der Waals surface area contributed by atoms with Gasteiger partial charge in [-0.25, -0.2) is 0 Å². The third kappa shape index (κ3) is 2.85. The minimum absolute atomic E-state index is 0.0852. The number of nitrogens with zero attached hydrogens (tertiary/aromatic N) is 1. The molecule has 0 saturated carbocycles. The van der Waals surface area contributed by atoms with Gasteiger partial charge in [0.25, 0.3) is 0 Å². The van der Waals surface area contributed by atoms with Crippen LogP contribution in [0.15, 0.2) is 18.2 Å². The van der Waals surface area contributed by atoms with Gasteiger partial charge in [-0.2, -0.15) is 0 Å². The molecule has 3 heteroatoms. The highest BCUT2D eigenvalue weighted by molar-refractivity contribution is 5.51. The molecular weight excluding hydrogens is 224 g/mol. The van der Waals surface area contributed by atoms with Gasteiger partial charge in [0.05, 0.1) is 11.7 Å². The van der Waals surface area contributed by atoms with Crippen LogP contribution in [0.4, 0.5) is 5.69 Å². The zero-order chi connectivity index (χ0) is 13.3. The Kier molecular flexibility index (Phi) is 3.64. The first kappa shape index (κ1) is 13.4. The highest BCUT2D eigenvalue weighted by Crippen LogP contribution is 2.27. The summed E-state index contributed by atoms with van der Waals surface area (Å²) in [6.45, 7) is 11.0. The standard InChI is InChI=1S/C15H24N2O/c1-11-7-14(6-5-13(11)8-16)17-9-12(2)18-15(3,4)10-17/h5-7,12H,8-10,16H2,1-4H3. The van der Waals surface area contributed by atoms with Gasteiger partial charge in [-0.05, 0) is 51.0 Å². The smallest absolute Gasteiger partial charge is 0.0805 e. The summed E-state index contributed by atoms with van der Waals surface area (Å²) >= 11 is 0. The van der Waals surface area contributed by atoms with Crippen LogP contribution in [0.1, 0.15) is 31.9 Å². The van der Waals surface area contributed by atoms with Gasteiger partial charge in [-0.15, -0.1) is 0 Å². The molecule has 1 unspecified atom stereocenters. The molecular formula is C15H24N2O. The molecule has 0 amide bonds. The van der Waals surface area contributed by atoms with Crippen molar-refractivity contribution in [1.29, 1.82) is 0 Å². The van der Waals surface area contributed by atoms with Crippen molar-refractivity contribution in [2.75, 3.05) is 18.0 Å². The summed E-state index contributed by atoms with van der Waals surface area (Å²) < 4.78 is 5.94. The molecule has 100 valence electrons. The van der Waals surface area contributed by atoms with Gasteiger partial charge < -0.3 is 15.4 Å². The lowest BCUT2D eigenvalue weighted by molar-refractivity contribution is -0.0749. The number of rotatable bonds is 2. The molecule has 2 N–H and O–H groups in total. The second-order valence-electron chi connectivity index (χ2n) is 5.88. The number of hydrogen-bond donors (Lipinski definition) is 1. The Morgan fingerprint density at radius 1 is 1.44 bits per heavy atom. The molecule has 18 heavy (non-hydrogen) atoms. The lowest BCUT2D eigenvalue weighted by Crippen LogP contribution is -2.52. The molecule has 1 aliphatic rings. The van der Waals surface area contributed by atoms with Crippen molar-refractivity contribution in [1.82, 2.24) is 0 Å². The maximum atomic E-state index is 5.94. The average molecular weight is 248 g/mol. The number of morpholine rings is 1. The molecule has 2 rings (SSSR count). The van der Waals surface area contributed by atoms with E-state index in [1.807, 2.05) is 0 Å². The van der Waals surface area contributed by atoms with Crippen molar-refractivity contribution in [3.63, 3.8) is 0 Å². The van der Waals surface area contributed by atoms with Crippen molar-refractivity contribution >= 4 is 5.69 Å². The monoisotopic (exact) mass is 248 g/mol. The van der Waals surface area contributed by atoms with E-state index >= 15 is 0 Å². The molecule has 1 aromatic carbocycles. The van der Waals surface area contributed by atoms with E-state index in [4.69, 9.17) is 10.5 Å². The largest absolute Gasteiger partial charge is 0.369 e. The Bertz CT molecular complexity index is 429. The maximum absolute atomic E-state index is 5.94. The molecule has 1 fully saturated rings. The Hall–Kier alpha value is -1.06. The Balaban J connectivity index is 2.23. The minimum atomic E-state index is -0.0852. The van der Waals surface area contributed by atoms with E-state index in [1.165, 1.54) is 16.8 Å². The summed E-state index contributed by atoms with van der Waals surface area (Å²) in [7, 11) is 0.